The van der Waals surface area contributed by atoms with E-state index in [2.05, 4.69) is 40.2 Å². The summed E-state index contributed by atoms with van der Waals surface area (Å²) >= 11 is 6.19. The summed E-state index contributed by atoms with van der Waals surface area (Å²) in [6.07, 6.45) is 4.02. The Morgan fingerprint density at radius 1 is 1.33 bits per heavy atom. The first-order chi connectivity index (χ1) is 9.96. The molecule has 0 atom stereocenters. The third-order valence-electron chi connectivity index (χ3n) is 3.89. The van der Waals surface area contributed by atoms with Crippen LogP contribution >= 0.6 is 11.6 Å². The summed E-state index contributed by atoms with van der Waals surface area (Å²) < 4.78 is 8.09. The van der Waals surface area contributed by atoms with E-state index in [-0.39, 0.29) is 0 Å². The second-order valence-electron chi connectivity index (χ2n) is 7.02. The lowest BCUT2D eigenvalue weighted by molar-refractivity contribution is 0.0880. The van der Waals surface area contributed by atoms with E-state index in [1.54, 1.807) is 0 Å². The van der Waals surface area contributed by atoms with Crippen LogP contribution in [0.15, 0.2) is 12.4 Å². The topological polar surface area (TPSA) is 39.9 Å². The lowest BCUT2D eigenvalue weighted by atomic mass is 10.3. The predicted octanol–water partition coefficient (Wildman–Crippen LogP) is 4.27. The summed E-state index contributed by atoms with van der Waals surface area (Å²) in [5, 5.41) is 1.47. The van der Waals surface area contributed by atoms with E-state index in [0.29, 0.717) is 17.8 Å². The van der Waals surface area contributed by atoms with Crippen LogP contribution in [-0.2, 0) is 11.5 Å². The number of ether oxygens (including phenoxy) is 1. The lowest BCUT2D eigenvalue weighted by Crippen LogP contribution is -2.22. The zero-order valence-corrected chi connectivity index (χ0v) is 14.7. The molecule has 21 heavy (non-hydrogen) atoms. The maximum Gasteiger partial charge on any atom is 0.146 e. The van der Waals surface area contributed by atoms with E-state index in [1.165, 1.54) is 30.9 Å². The maximum absolute atomic E-state index is 6.19. The Morgan fingerprint density at radius 3 is 2.76 bits per heavy atom. The van der Waals surface area contributed by atoms with E-state index < -0.39 is 8.07 Å². The minimum absolute atomic E-state index is 0.530. The van der Waals surface area contributed by atoms with Gasteiger partial charge in [-0.15, -0.1) is 0 Å². The number of fused-ring (bicyclic) bond motifs is 1. The molecule has 0 amide bonds. The molecule has 0 aliphatic heterocycles. The third-order valence-corrected chi connectivity index (χ3v) is 5.89. The van der Waals surface area contributed by atoms with Gasteiger partial charge in [0.05, 0.1) is 5.39 Å². The Kier molecular flexibility index (Phi) is 4.07. The largest absolute Gasteiger partial charge is 0.361 e. The molecular weight excluding hydrogens is 302 g/mol. The van der Waals surface area contributed by atoms with Crippen LogP contribution in [0.5, 0.6) is 0 Å². The molecule has 1 aliphatic carbocycles. The first kappa shape index (κ1) is 15.0. The van der Waals surface area contributed by atoms with Crippen LogP contribution in [0.25, 0.3) is 11.0 Å². The Balaban J connectivity index is 1.80. The molecule has 0 radical (unpaired) electrons. The van der Waals surface area contributed by atoms with Crippen LogP contribution in [-0.4, -0.2) is 29.2 Å². The highest BCUT2D eigenvalue weighted by atomic mass is 35.5. The fourth-order valence-electron chi connectivity index (χ4n) is 2.44. The number of rotatable bonds is 6. The lowest BCUT2D eigenvalue weighted by Gasteiger charge is -2.16. The van der Waals surface area contributed by atoms with Gasteiger partial charge in [-0.2, -0.15) is 0 Å². The Bertz CT molecular complexity index is 646. The third kappa shape index (κ3) is 3.47. The van der Waals surface area contributed by atoms with Crippen LogP contribution in [0.3, 0.4) is 0 Å². The zero-order chi connectivity index (χ0) is 15.0. The van der Waals surface area contributed by atoms with Gasteiger partial charge < -0.3 is 9.30 Å². The van der Waals surface area contributed by atoms with Crippen molar-refractivity contribution in [3.8, 4) is 0 Å². The number of nitrogens with zero attached hydrogens (tertiary/aromatic N) is 3. The van der Waals surface area contributed by atoms with E-state index in [4.69, 9.17) is 16.3 Å². The first-order valence-electron chi connectivity index (χ1n) is 7.53. The smallest absolute Gasteiger partial charge is 0.146 e. The minimum atomic E-state index is -1.05. The van der Waals surface area contributed by atoms with Crippen molar-refractivity contribution in [2.24, 2.45) is 0 Å². The average Bonchev–Trinajstić information content (AvgIpc) is 3.17. The van der Waals surface area contributed by atoms with Crippen molar-refractivity contribution in [2.45, 2.75) is 51.2 Å². The minimum Gasteiger partial charge on any atom is -0.361 e. The molecule has 114 valence electrons. The molecule has 1 fully saturated rings. The zero-order valence-electron chi connectivity index (χ0n) is 12.9. The van der Waals surface area contributed by atoms with Gasteiger partial charge in [0.1, 0.15) is 23.9 Å². The van der Waals surface area contributed by atoms with Gasteiger partial charge in [0.2, 0.25) is 0 Å². The highest BCUT2D eigenvalue weighted by molar-refractivity contribution is 6.76. The van der Waals surface area contributed by atoms with E-state index in [0.717, 1.165) is 17.6 Å². The van der Waals surface area contributed by atoms with E-state index in [1.807, 2.05) is 0 Å². The van der Waals surface area contributed by atoms with Crippen molar-refractivity contribution in [3.05, 3.63) is 23.2 Å². The van der Waals surface area contributed by atoms with Gasteiger partial charge in [-0.25, -0.2) is 9.97 Å². The van der Waals surface area contributed by atoms with Gasteiger partial charge in [-0.3, -0.25) is 0 Å². The van der Waals surface area contributed by atoms with Gasteiger partial charge in [0.15, 0.2) is 0 Å². The molecule has 0 bridgehead atoms. The fraction of sp³-hybridized carbons (Fsp3) is 0.600. The van der Waals surface area contributed by atoms with Gasteiger partial charge in [-0.1, -0.05) is 31.2 Å². The Labute approximate surface area is 131 Å². The molecule has 2 aromatic rings. The average molecular weight is 324 g/mol. The Hall–Kier alpha value is -0.913. The molecule has 0 unspecified atom stereocenters. The maximum atomic E-state index is 6.19. The highest BCUT2D eigenvalue weighted by Crippen LogP contribution is 2.42. The van der Waals surface area contributed by atoms with Crippen LogP contribution in [0.2, 0.25) is 30.8 Å². The molecule has 1 aliphatic rings. The van der Waals surface area contributed by atoms with Crippen molar-refractivity contribution < 1.29 is 4.74 Å². The van der Waals surface area contributed by atoms with Crippen LogP contribution < -0.4 is 0 Å². The molecule has 4 nitrogen and oxygen atoms in total. The normalized spacial score (nSPS) is 15.8. The summed E-state index contributed by atoms with van der Waals surface area (Å²) in [7, 11) is -1.05. The number of halogens is 1. The van der Waals surface area contributed by atoms with Crippen LogP contribution in [0.4, 0.5) is 0 Å². The van der Waals surface area contributed by atoms with E-state index in [9.17, 15) is 0 Å². The van der Waals surface area contributed by atoms with Crippen LogP contribution in [0, 0.1) is 0 Å². The summed E-state index contributed by atoms with van der Waals surface area (Å²) in [6, 6.07) is 3.32. The second-order valence-corrected chi connectivity index (χ2v) is 13.0. The summed E-state index contributed by atoms with van der Waals surface area (Å²) in [4.78, 5) is 8.47. The molecule has 3 rings (SSSR count). The summed E-state index contributed by atoms with van der Waals surface area (Å²) in [5.74, 6) is 0.635. The van der Waals surface area contributed by atoms with Crippen LogP contribution in [0.1, 0.15) is 24.5 Å². The fourth-order valence-corrected chi connectivity index (χ4v) is 3.38. The molecule has 0 saturated heterocycles. The Morgan fingerprint density at radius 2 is 2.10 bits per heavy atom. The molecule has 0 aromatic carbocycles. The quantitative estimate of drug-likeness (QED) is 0.452. The predicted molar refractivity (Wildman–Crippen MR) is 88.6 cm³/mol. The van der Waals surface area contributed by atoms with Gasteiger partial charge in [-0.05, 0) is 30.9 Å². The monoisotopic (exact) mass is 323 g/mol. The van der Waals surface area contributed by atoms with Crippen molar-refractivity contribution in [3.63, 3.8) is 0 Å². The highest BCUT2D eigenvalue weighted by Gasteiger charge is 2.29. The molecule has 6 heteroatoms. The van der Waals surface area contributed by atoms with Crippen molar-refractivity contribution >= 4 is 30.7 Å². The van der Waals surface area contributed by atoms with E-state index >= 15 is 0 Å². The molecule has 1 saturated carbocycles. The molecule has 0 spiro atoms. The number of hydrogen-bond donors (Lipinski definition) is 0. The first-order valence-corrected chi connectivity index (χ1v) is 11.6. The molecular formula is C15H22ClN3OSi. The summed E-state index contributed by atoms with van der Waals surface area (Å²) in [5.41, 5.74) is 2.19. The van der Waals surface area contributed by atoms with Gasteiger partial charge in [0.25, 0.3) is 0 Å². The van der Waals surface area contributed by atoms with Gasteiger partial charge in [0, 0.05) is 20.4 Å². The SMILES string of the molecule is C[Si](C)(C)CCOCn1c(C2CC2)cc2c(Cl)ncnc21. The van der Waals surface area contributed by atoms with Crippen molar-refractivity contribution in [2.75, 3.05) is 6.61 Å². The van der Waals surface area contributed by atoms with Crippen molar-refractivity contribution in [1.82, 2.24) is 14.5 Å². The standard InChI is InChI=1S/C15H22ClN3OSi/c1-21(2,3)7-6-20-10-19-13(11-4-5-11)8-12-14(16)17-9-18-15(12)19/h8-9,11H,4-7,10H2,1-3H3. The summed E-state index contributed by atoms with van der Waals surface area (Å²) in [6.45, 7) is 8.48. The second kappa shape index (κ2) is 5.70. The van der Waals surface area contributed by atoms with Gasteiger partial charge >= 0.3 is 0 Å². The molecule has 2 heterocycles. The molecule has 0 N–H and O–H groups in total. The number of aromatic nitrogens is 3. The molecule has 2 aromatic heterocycles. The van der Waals surface area contributed by atoms with Crippen molar-refractivity contribution in [1.29, 1.82) is 0 Å². The number of hydrogen-bond acceptors (Lipinski definition) is 3.